The Labute approximate surface area is 131 Å². The minimum Gasteiger partial charge on any atom is -0.424 e. The van der Waals surface area contributed by atoms with Crippen LogP contribution in [-0.2, 0) is 16.6 Å². The highest BCUT2D eigenvalue weighted by molar-refractivity contribution is 7.91. The average molecular weight is 335 g/mol. The van der Waals surface area contributed by atoms with Crippen LogP contribution >= 0.6 is 11.3 Å². The van der Waals surface area contributed by atoms with Gasteiger partial charge in [-0.05, 0) is 30.4 Å². The third kappa shape index (κ3) is 2.65. The number of fused-ring (bicyclic) bond motifs is 1. The molecule has 0 bridgehead atoms. The standard InChI is InChI=1S/C14H13N3O3S2/c18-22(19,13-7-10-3-1-2-4-11(10)21-13)15-8-12-16-17-14(20-12)9-5-6-9/h1-4,7,9,15H,5-6,8H2. The topological polar surface area (TPSA) is 85.1 Å². The number of nitrogens with zero attached hydrogens (tertiary/aromatic N) is 2. The van der Waals surface area contributed by atoms with Crippen LogP contribution in [0.3, 0.4) is 0 Å². The summed E-state index contributed by atoms with van der Waals surface area (Å²) in [5.74, 6) is 1.27. The molecule has 114 valence electrons. The van der Waals surface area contributed by atoms with Gasteiger partial charge in [0.25, 0.3) is 10.0 Å². The predicted octanol–water partition coefficient (Wildman–Crippen LogP) is 2.64. The Bertz CT molecular complexity index is 893. The van der Waals surface area contributed by atoms with Crippen molar-refractivity contribution in [1.29, 1.82) is 0 Å². The molecule has 1 aromatic carbocycles. The third-order valence-electron chi connectivity index (χ3n) is 3.49. The van der Waals surface area contributed by atoms with Gasteiger partial charge in [-0.15, -0.1) is 21.5 Å². The fraction of sp³-hybridized carbons (Fsp3) is 0.286. The first-order chi connectivity index (χ1) is 10.6. The lowest BCUT2D eigenvalue weighted by molar-refractivity contribution is 0.445. The van der Waals surface area contributed by atoms with Crippen LogP contribution in [0.4, 0.5) is 0 Å². The van der Waals surface area contributed by atoms with E-state index in [2.05, 4.69) is 14.9 Å². The Kier molecular flexibility index (Phi) is 3.24. The SMILES string of the molecule is O=S(=O)(NCc1nnc(C2CC2)o1)c1cc2ccccc2s1. The molecule has 0 amide bonds. The zero-order chi connectivity index (χ0) is 15.2. The quantitative estimate of drug-likeness (QED) is 0.775. The summed E-state index contributed by atoms with van der Waals surface area (Å²) < 4.78 is 33.9. The highest BCUT2D eigenvalue weighted by Crippen LogP contribution is 2.39. The van der Waals surface area contributed by atoms with E-state index in [1.165, 1.54) is 11.3 Å². The van der Waals surface area contributed by atoms with Crippen molar-refractivity contribution >= 4 is 31.4 Å². The summed E-state index contributed by atoms with van der Waals surface area (Å²) in [5.41, 5.74) is 0. The minimum atomic E-state index is -3.57. The third-order valence-corrected chi connectivity index (χ3v) is 6.48. The highest BCUT2D eigenvalue weighted by Gasteiger charge is 2.29. The molecule has 0 saturated heterocycles. The molecule has 0 atom stereocenters. The first-order valence-electron chi connectivity index (χ1n) is 6.92. The van der Waals surface area contributed by atoms with E-state index in [0.717, 1.165) is 22.9 Å². The lowest BCUT2D eigenvalue weighted by atomic mass is 10.3. The van der Waals surface area contributed by atoms with Crippen molar-refractivity contribution in [2.45, 2.75) is 29.5 Å². The van der Waals surface area contributed by atoms with E-state index in [0.29, 0.717) is 17.7 Å². The van der Waals surface area contributed by atoms with Crippen molar-refractivity contribution in [2.24, 2.45) is 0 Å². The minimum absolute atomic E-state index is 0.0102. The van der Waals surface area contributed by atoms with Crippen molar-refractivity contribution in [3.8, 4) is 0 Å². The summed E-state index contributed by atoms with van der Waals surface area (Å²) in [6, 6.07) is 9.24. The average Bonchev–Trinajstić information content (AvgIpc) is 3.09. The Morgan fingerprint density at radius 1 is 1.27 bits per heavy atom. The van der Waals surface area contributed by atoms with E-state index >= 15 is 0 Å². The molecule has 2 aromatic heterocycles. The molecular weight excluding hydrogens is 322 g/mol. The molecule has 1 aliphatic rings. The number of aromatic nitrogens is 2. The lowest BCUT2D eigenvalue weighted by Crippen LogP contribution is -2.22. The lowest BCUT2D eigenvalue weighted by Gasteiger charge is -2.00. The van der Waals surface area contributed by atoms with Crippen LogP contribution in [0.15, 0.2) is 39.0 Å². The number of sulfonamides is 1. The molecular formula is C14H13N3O3S2. The van der Waals surface area contributed by atoms with Gasteiger partial charge in [-0.3, -0.25) is 0 Å². The summed E-state index contributed by atoms with van der Waals surface area (Å²) in [6.45, 7) is 0.0102. The van der Waals surface area contributed by atoms with Crippen LogP contribution in [-0.4, -0.2) is 18.6 Å². The Morgan fingerprint density at radius 2 is 2.09 bits per heavy atom. The van der Waals surface area contributed by atoms with Crippen LogP contribution in [0.25, 0.3) is 10.1 Å². The van der Waals surface area contributed by atoms with Crippen molar-refractivity contribution in [1.82, 2.24) is 14.9 Å². The molecule has 0 unspecified atom stereocenters. The molecule has 0 spiro atoms. The first-order valence-corrected chi connectivity index (χ1v) is 9.22. The maximum Gasteiger partial charge on any atom is 0.250 e. The Hall–Kier alpha value is -1.77. The van der Waals surface area contributed by atoms with Gasteiger partial charge < -0.3 is 4.42 Å². The molecule has 1 aliphatic carbocycles. The molecule has 22 heavy (non-hydrogen) atoms. The van der Waals surface area contributed by atoms with Crippen LogP contribution in [0.2, 0.25) is 0 Å². The second kappa shape index (κ2) is 5.15. The van der Waals surface area contributed by atoms with E-state index in [1.54, 1.807) is 6.07 Å². The Balaban J connectivity index is 1.52. The molecule has 1 fully saturated rings. The van der Waals surface area contributed by atoms with E-state index in [1.807, 2.05) is 24.3 Å². The molecule has 6 nitrogen and oxygen atoms in total. The number of hydrogen-bond donors (Lipinski definition) is 1. The first kappa shape index (κ1) is 13.9. The predicted molar refractivity (Wildman–Crippen MR) is 82.1 cm³/mol. The van der Waals surface area contributed by atoms with Gasteiger partial charge in [0.05, 0.1) is 6.54 Å². The Morgan fingerprint density at radius 3 is 2.86 bits per heavy atom. The van der Waals surface area contributed by atoms with Gasteiger partial charge >= 0.3 is 0 Å². The van der Waals surface area contributed by atoms with Crippen molar-refractivity contribution in [2.75, 3.05) is 0 Å². The van der Waals surface area contributed by atoms with Gasteiger partial charge in [0.15, 0.2) is 0 Å². The fourth-order valence-corrected chi connectivity index (χ4v) is 4.57. The van der Waals surface area contributed by atoms with Crippen LogP contribution in [0.5, 0.6) is 0 Å². The smallest absolute Gasteiger partial charge is 0.250 e. The van der Waals surface area contributed by atoms with Crippen LogP contribution in [0, 0.1) is 0 Å². The van der Waals surface area contributed by atoms with Gasteiger partial charge in [-0.2, -0.15) is 0 Å². The van der Waals surface area contributed by atoms with Gasteiger partial charge in [-0.1, -0.05) is 18.2 Å². The summed E-state index contributed by atoms with van der Waals surface area (Å²) in [6.07, 6.45) is 2.13. The van der Waals surface area contributed by atoms with Crippen LogP contribution < -0.4 is 4.72 Å². The molecule has 3 aromatic rings. The van der Waals surface area contributed by atoms with E-state index in [4.69, 9.17) is 4.42 Å². The van der Waals surface area contributed by atoms with E-state index in [9.17, 15) is 8.42 Å². The van der Waals surface area contributed by atoms with Crippen molar-refractivity contribution in [3.63, 3.8) is 0 Å². The molecule has 0 radical (unpaired) electrons. The summed E-state index contributed by atoms with van der Waals surface area (Å²) in [5, 5.41) is 8.73. The molecule has 8 heteroatoms. The molecule has 2 heterocycles. The molecule has 0 aliphatic heterocycles. The fourth-order valence-electron chi connectivity index (χ4n) is 2.15. The normalized spacial score (nSPS) is 15.5. The molecule has 1 saturated carbocycles. The van der Waals surface area contributed by atoms with Gasteiger partial charge in [-0.25, -0.2) is 13.1 Å². The van der Waals surface area contributed by atoms with E-state index < -0.39 is 10.0 Å². The van der Waals surface area contributed by atoms with Gasteiger partial charge in [0, 0.05) is 10.6 Å². The maximum absolute atomic E-state index is 12.3. The maximum atomic E-state index is 12.3. The molecule has 1 N–H and O–H groups in total. The number of hydrogen-bond acceptors (Lipinski definition) is 6. The summed E-state index contributed by atoms with van der Waals surface area (Å²) in [4.78, 5) is 0. The second-order valence-corrected chi connectivity index (χ2v) is 8.31. The largest absolute Gasteiger partial charge is 0.424 e. The number of thiophene rings is 1. The van der Waals surface area contributed by atoms with Gasteiger partial charge in [0.1, 0.15) is 4.21 Å². The number of nitrogens with one attached hydrogen (secondary N) is 1. The molecule has 4 rings (SSSR count). The number of rotatable bonds is 5. The zero-order valence-corrected chi connectivity index (χ0v) is 13.2. The van der Waals surface area contributed by atoms with E-state index in [-0.39, 0.29) is 10.8 Å². The second-order valence-electron chi connectivity index (χ2n) is 5.24. The monoisotopic (exact) mass is 335 g/mol. The zero-order valence-electron chi connectivity index (χ0n) is 11.5. The van der Waals surface area contributed by atoms with Crippen molar-refractivity contribution in [3.05, 3.63) is 42.1 Å². The van der Waals surface area contributed by atoms with Crippen LogP contribution in [0.1, 0.15) is 30.5 Å². The summed E-state index contributed by atoms with van der Waals surface area (Å²) >= 11 is 1.24. The summed E-state index contributed by atoms with van der Waals surface area (Å²) in [7, 11) is -3.57. The highest BCUT2D eigenvalue weighted by atomic mass is 32.2. The van der Waals surface area contributed by atoms with Gasteiger partial charge in [0.2, 0.25) is 11.8 Å². The number of benzene rings is 1. The van der Waals surface area contributed by atoms with Crippen molar-refractivity contribution < 1.29 is 12.8 Å².